The number of methoxy groups -OCH3 is 1. The first kappa shape index (κ1) is 13.8. The van der Waals surface area contributed by atoms with Crippen molar-refractivity contribution in [3.8, 4) is 0 Å². The second kappa shape index (κ2) is 7.96. The van der Waals surface area contributed by atoms with Crippen molar-refractivity contribution in [3.05, 3.63) is 28.8 Å². The lowest BCUT2D eigenvalue weighted by atomic mass is 10.2. The molecule has 0 amide bonds. The van der Waals surface area contributed by atoms with Gasteiger partial charge >= 0.3 is 0 Å². The zero-order valence-electron chi connectivity index (χ0n) is 9.75. The lowest BCUT2D eigenvalue weighted by Crippen LogP contribution is -2.11. The molecule has 1 aromatic rings. The summed E-state index contributed by atoms with van der Waals surface area (Å²) in [5.41, 5.74) is 1.15. The van der Waals surface area contributed by atoms with E-state index in [1.165, 1.54) is 4.90 Å². The van der Waals surface area contributed by atoms with Crippen molar-refractivity contribution in [2.24, 2.45) is 0 Å². The maximum Gasteiger partial charge on any atom is 0.0556 e. The molecule has 1 aromatic carbocycles. The van der Waals surface area contributed by atoms with Gasteiger partial charge in [0.05, 0.1) is 6.61 Å². The number of ether oxygens (including phenoxy) is 1. The number of rotatable bonds is 7. The largest absolute Gasteiger partial charge is 0.384 e. The van der Waals surface area contributed by atoms with Crippen molar-refractivity contribution in [1.82, 2.24) is 5.32 Å². The van der Waals surface area contributed by atoms with Crippen molar-refractivity contribution in [2.75, 3.05) is 26.0 Å². The molecule has 2 nitrogen and oxygen atoms in total. The van der Waals surface area contributed by atoms with E-state index < -0.39 is 0 Å². The van der Waals surface area contributed by atoms with E-state index in [1.54, 1.807) is 18.9 Å². The van der Waals surface area contributed by atoms with Crippen LogP contribution in [0.4, 0.5) is 0 Å². The molecule has 0 aromatic heterocycles. The van der Waals surface area contributed by atoms with E-state index in [2.05, 4.69) is 24.4 Å². The minimum Gasteiger partial charge on any atom is -0.384 e. The van der Waals surface area contributed by atoms with Crippen LogP contribution < -0.4 is 5.32 Å². The van der Waals surface area contributed by atoms with E-state index in [4.69, 9.17) is 16.3 Å². The molecule has 0 saturated carbocycles. The molecule has 0 unspecified atom stereocenters. The van der Waals surface area contributed by atoms with Gasteiger partial charge in [0.15, 0.2) is 0 Å². The number of hydrogen-bond acceptors (Lipinski definition) is 3. The predicted octanol–water partition coefficient (Wildman–Crippen LogP) is 3.19. The molecule has 0 atom stereocenters. The SMILES string of the molecule is CCNCc1ccc(SCCOC)cc1Cl. The van der Waals surface area contributed by atoms with Gasteiger partial charge in [0.1, 0.15) is 0 Å². The molecular formula is C12H18ClNOS. The van der Waals surface area contributed by atoms with Crippen LogP contribution in [0.2, 0.25) is 5.02 Å². The van der Waals surface area contributed by atoms with Crippen LogP contribution in [0.5, 0.6) is 0 Å². The molecule has 1 N–H and O–H groups in total. The third-order valence-electron chi connectivity index (χ3n) is 2.15. The summed E-state index contributed by atoms with van der Waals surface area (Å²) in [7, 11) is 1.72. The fourth-order valence-electron chi connectivity index (χ4n) is 1.26. The zero-order chi connectivity index (χ0) is 11.8. The Hall–Kier alpha value is -0.220. The Morgan fingerprint density at radius 2 is 2.25 bits per heavy atom. The quantitative estimate of drug-likeness (QED) is 0.600. The van der Waals surface area contributed by atoms with Gasteiger partial charge in [-0.2, -0.15) is 0 Å². The molecule has 0 saturated heterocycles. The van der Waals surface area contributed by atoms with Crippen molar-refractivity contribution < 1.29 is 4.74 Å². The van der Waals surface area contributed by atoms with Gasteiger partial charge in [-0.25, -0.2) is 0 Å². The molecule has 0 fully saturated rings. The molecule has 0 aliphatic carbocycles. The van der Waals surface area contributed by atoms with Gasteiger partial charge in [-0.1, -0.05) is 24.6 Å². The van der Waals surface area contributed by atoms with E-state index in [-0.39, 0.29) is 0 Å². The molecule has 4 heteroatoms. The topological polar surface area (TPSA) is 21.3 Å². The molecule has 0 radical (unpaired) electrons. The molecule has 90 valence electrons. The van der Waals surface area contributed by atoms with Gasteiger partial charge in [-0.15, -0.1) is 11.8 Å². The van der Waals surface area contributed by atoms with E-state index in [1.807, 2.05) is 6.07 Å². The maximum atomic E-state index is 6.19. The summed E-state index contributed by atoms with van der Waals surface area (Å²) < 4.78 is 5.01. The number of halogens is 1. The van der Waals surface area contributed by atoms with Gasteiger partial charge in [0.2, 0.25) is 0 Å². The highest BCUT2D eigenvalue weighted by Crippen LogP contribution is 2.24. The lowest BCUT2D eigenvalue weighted by molar-refractivity contribution is 0.218. The van der Waals surface area contributed by atoms with Crippen molar-refractivity contribution >= 4 is 23.4 Å². The average Bonchev–Trinajstić information content (AvgIpc) is 2.28. The molecule has 0 bridgehead atoms. The second-order valence-electron chi connectivity index (χ2n) is 3.37. The average molecular weight is 260 g/mol. The molecule has 16 heavy (non-hydrogen) atoms. The first-order valence-electron chi connectivity index (χ1n) is 5.38. The van der Waals surface area contributed by atoms with Crippen LogP contribution in [0, 0.1) is 0 Å². The molecule has 1 rings (SSSR count). The Morgan fingerprint density at radius 1 is 1.44 bits per heavy atom. The van der Waals surface area contributed by atoms with Gasteiger partial charge < -0.3 is 10.1 Å². The Balaban J connectivity index is 2.53. The fraction of sp³-hybridized carbons (Fsp3) is 0.500. The van der Waals surface area contributed by atoms with Crippen molar-refractivity contribution in [2.45, 2.75) is 18.4 Å². The van der Waals surface area contributed by atoms with Gasteiger partial charge in [0.25, 0.3) is 0 Å². The van der Waals surface area contributed by atoms with E-state index in [0.717, 1.165) is 36.0 Å². The van der Waals surface area contributed by atoms with Gasteiger partial charge in [0, 0.05) is 29.3 Å². The van der Waals surface area contributed by atoms with Crippen molar-refractivity contribution in [1.29, 1.82) is 0 Å². The Kier molecular flexibility index (Phi) is 6.88. The summed E-state index contributed by atoms with van der Waals surface area (Å²) in [5.74, 6) is 0.958. The second-order valence-corrected chi connectivity index (χ2v) is 4.95. The minimum absolute atomic E-state index is 0.765. The van der Waals surface area contributed by atoms with Crippen LogP contribution in [0.25, 0.3) is 0 Å². The molecule has 0 spiro atoms. The molecule has 0 heterocycles. The lowest BCUT2D eigenvalue weighted by Gasteiger charge is -2.07. The number of benzene rings is 1. The minimum atomic E-state index is 0.765. The monoisotopic (exact) mass is 259 g/mol. The van der Waals surface area contributed by atoms with Crippen LogP contribution in [-0.2, 0) is 11.3 Å². The summed E-state index contributed by atoms with van der Waals surface area (Å²) in [6.45, 7) is 4.64. The Bertz CT molecular complexity index is 320. The highest BCUT2D eigenvalue weighted by Gasteiger charge is 2.01. The fourth-order valence-corrected chi connectivity index (χ4v) is 2.43. The molecular weight excluding hydrogens is 242 g/mol. The summed E-state index contributed by atoms with van der Waals surface area (Å²) >= 11 is 7.96. The standard InChI is InChI=1S/C12H18ClNOS/c1-3-14-9-10-4-5-11(8-12(10)13)16-7-6-15-2/h4-5,8,14H,3,6-7,9H2,1-2H3. The number of thioether (sulfide) groups is 1. The van der Waals surface area contributed by atoms with Gasteiger partial charge in [-0.05, 0) is 24.2 Å². The third kappa shape index (κ3) is 4.74. The number of nitrogens with one attached hydrogen (secondary N) is 1. The van der Waals surface area contributed by atoms with Crippen LogP contribution >= 0.6 is 23.4 Å². The van der Waals surface area contributed by atoms with E-state index >= 15 is 0 Å². The van der Waals surface area contributed by atoms with Gasteiger partial charge in [-0.3, -0.25) is 0 Å². The summed E-state index contributed by atoms with van der Waals surface area (Å²) in [5, 5.41) is 4.10. The Labute approximate surface area is 107 Å². The smallest absolute Gasteiger partial charge is 0.0556 e. The van der Waals surface area contributed by atoms with Crippen LogP contribution in [0.15, 0.2) is 23.1 Å². The normalized spacial score (nSPS) is 10.7. The molecule has 0 aliphatic heterocycles. The molecule has 0 aliphatic rings. The zero-order valence-corrected chi connectivity index (χ0v) is 11.3. The van der Waals surface area contributed by atoms with E-state index in [9.17, 15) is 0 Å². The summed E-state index contributed by atoms with van der Waals surface area (Å²) in [4.78, 5) is 1.20. The first-order valence-corrected chi connectivity index (χ1v) is 6.75. The first-order chi connectivity index (χ1) is 7.77. The van der Waals surface area contributed by atoms with Crippen LogP contribution in [-0.4, -0.2) is 26.0 Å². The summed E-state index contributed by atoms with van der Waals surface area (Å²) in [6, 6.07) is 6.22. The van der Waals surface area contributed by atoms with Crippen molar-refractivity contribution in [3.63, 3.8) is 0 Å². The maximum absolute atomic E-state index is 6.19. The van der Waals surface area contributed by atoms with Crippen LogP contribution in [0.3, 0.4) is 0 Å². The summed E-state index contributed by atoms with van der Waals surface area (Å²) in [6.07, 6.45) is 0. The van der Waals surface area contributed by atoms with Crippen LogP contribution in [0.1, 0.15) is 12.5 Å². The number of hydrogen-bond donors (Lipinski definition) is 1. The third-order valence-corrected chi connectivity index (χ3v) is 3.46. The predicted molar refractivity (Wildman–Crippen MR) is 71.4 cm³/mol. The van der Waals surface area contributed by atoms with E-state index in [0.29, 0.717) is 0 Å². The highest BCUT2D eigenvalue weighted by molar-refractivity contribution is 7.99. The Morgan fingerprint density at radius 3 is 2.88 bits per heavy atom. The highest BCUT2D eigenvalue weighted by atomic mass is 35.5.